The summed E-state index contributed by atoms with van der Waals surface area (Å²) in [7, 11) is 0. The Morgan fingerprint density at radius 2 is 1.03 bits per heavy atom. The average molecular weight is 367 g/mol. The van der Waals surface area contributed by atoms with Gasteiger partial charge in [-0.2, -0.15) is 0 Å². The fraction of sp³-hybridized carbons (Fsp3) is 0.0357. The van der Waals surface area contributed by atoms with Crippen molar-refractivity contribution in [1.29, 1.82) is 0 Å². The lowest BCUT2D eigenvalue weighted by atomic mass is 9.62. The van der Waals surface area contributed by atoms with Gasteiger partial charge in [0.05, 0.1) is 11.1 Å². The summed E-state index contributed by atoms with van der Waals surface area (Å²) in [6, 6.07) is 35.5. The van der Waals surface area contributed by atoms with E-state index in [2.05, 4.69) is 97.1 Å². The van der Waals surface area contributed by atoms with Gasteiger partial charge in [0, 0.05) is 17.1 Å². The average Bonchev–Trinajstić information content (AvgIpc) is 3.09. The second-order valence-electron chi connectivity index (χ2n) is 7.95. The first-order chi connectivity index (χ1) is 14.4. The van der Waals surface area contributed by atoms with E-state index in [1.807, 2.05) is 6.20 Å². The highest BCUT2D eigenvalue weighted by Crippen LogP contribution is 2.61. The molecule has 4 aromatic carbocycles. The number of nitrogens with zero attached hydrogens (tertiary/aromatic N) is 1. The molecule has 2 aliphatic rings. The van der Waals surface area contributed by atoms with E-state index in [0.717, 1.165) is 5.69 Å². The minimum absolute atomic E-state index is 0.306. The van der Waals surface area contributed by atoms with Gasteiger partial charge in [-0.05, 0) is 44.8 Å². The highest BCUT2D eigenvalue weighted by Gasteiger charge is 2.49. The van der Waals surface area contributed by atoms with Gasteiger partial charge in [-0.1, -0.05) is 91.0 Å². The summed E-state index contributed by atoms with van der Waals surface area (Å²) in [5.41, 5.74) is 10.1. The van der Waals surface area contributed by atoms with E-state index in [9.17, 15) is 0 Å². The fourth-order valence-electron chi connectivity index (χ4n) is 5.72. The van der Waals surface area contributed by atoms with Gasteiger partial charge in [0.1, 0.15) is 0 Å². The standard InChI is InChI=1S/C28H17N/c1-4-12-22-19(9-1)20-10-2-5-13-23(20)28(22)24-14-6-3-11-21(24)27-26-18(16-17-29-27)8-7-15-25(26)28/h1-17H. The first-order valence-corrected chi connectivity index (χ1v) is 10.1. The van der Waals surface area contributed by atoms with Crippen LogP contribution in [0.5, 0.6) is 0 Å². The van der Waals surface area contributed by atoms with Crippen molar-refractivity contribution in [3.63, 3.8) is 0 Å². The summed E-state index contributed by atoms with van der Waals surface area (Å²) in [6.45, 7) is 0. The van der Waals surface area contributed by atoms with Crippen molar-refractivity contribution in [2.24, 2.45) is 0 Å². The fourth-order valence-corrected chi connectivity index (χ4v) is 5.72. The van der Waals surface area contributed by atoms with Crippen LogP contribution in [0.1, 0.15) is 22.3 Å². The molecule has 2 aliphatic carbocycles. The maximum absolute atomic E-state index is 4.85. The number of aromatic nitrogens is 1. The highest BCUT2D eigenvalue weighted by molar-refractivity contribution is 6.05. The normalized spacial score (nSPS) is 14.5. The highest BCUT2D eigenvalue weighted by atomic mass is 14.7. The van der Waals surface area contributed by atoms with Crippen LogP contribution in [-0.2, 0) is 5.41 Å². The Labute approximate surface area is 169 Å². The Hall–Kier alpha value is -3.71. The van der Waals surface area contributed by atoms with Crippen LogP contribution in [0.4, 0.5) is 0 Å². The Kier molecular flexibility index (Phi) is 2.74. The molecule has 0 atom stereocenters. The Morgan fingerprint density at radius 3 is 1.72 bits per heavy atom. The topological polar surface area (TPSA) is 12.9 Å². The summed E-state index contributed by atoms with van der Waals surface area (Å²) >= 11 is 0. The van der Waals surface area contributed by atoms with Crippen LogP contribution in [0.25, 0.3) is 33.2 Å². The SMILES string of the molecule is c1ccc2c(c1)-c1ccccc1C21c2ccccc2-c2nccc3cccc1c23. The molecular weight excluding hydrogens is 350 g/mol. The maximum Gasteiger partial charge on any atom is 0.0786 e. The molecule has 0 saturated carbocycles. The van der Waals surface area contributed by atoms with Crippen molar-refractivity contribution in [3.05, 3.63) is 126 Å². The molecule has 0 N–H and O–H groups in total. The van der Waals surface area contributed by atoms with Gasteiger partial charge in [0.25, 0.3) is 0 Å². The lowest BCUT2D eigenvalue weighted by Crippen LogP contribution is -2.31. The molecule has 1 aromatic heterocycles. The lowest BCUT2D eigenvalue weighted by Gasteiger charge is -2.39. The van der Waals surface area contributed by atoms with Crippen LogP contribution < -0.4 is 0 Å². The van der Waals surface area contributed by atoms with Crippen LogP contribution in [0.15, 0.2) is 103 Å². The Morgan fingerprint density at radius 1 is 0.483 bits per heavy atom. The minimum atomic E-state index is -0.306. The van der Waals surface area contributed by atoms with Crippen molar-refractivity contribution < 1.29 is 0 Å². The number of rotatable bonds is 0. The van der Waals surface area contributed by atoms with Gasteiger partial charge in [0.15, 0.2) is 0 Å². The van der Waals surface area contributed by atoms with E-state index in [1.54, 1.807) is 0 Å². The molecule has 7 rings (SSSR count). The summed E-state index contributed by atoms with van der Waals surface area (Å²) in [5, 5.41) is 2.53. The third-order valence-electron chi connectivity index (χ3n) is 6.73. The summed E-state index contributed by atoms with van der Waals surface area (Å²) in [5.74, 6) is 0. The quantitative estimate of drug-likeness (QED) is 0.295. The number of benzene rings is 4. The van der Waals surface area contributed by atoms with Gasteiger partial charge in [-0.15, -0.1) is 0 Å². The van der Waals surface area contributed by atoms with E-state index < -0.39 is 0 Å². The van der Waals surface area contributed by atoms with Crippen LogP contribution in [0, 0.1) is 0 Å². The monoisotopic (exact) mass is 367 g/mol. The molecule has 134 valence electrons. The number of pyridine rings is 1. The molecule has 0 saturated heterocycles. The number of fused-ring (bicyclic) bond motifs is 9. The largest absolute Gasteiger partial charge is 0.256 e. The van der Waals surface area contributed by atoms with Gasteiger partial charge < -0.3 is 0 Å². The van der Waals surface area contributed by atoms with Gasteiger partial charge in [-0.25, -0.2) is 0 Å². The molecule has 1 spiro atoms. The third kappa shape index (κ3) is 1.66. The second-order valence-corrected chi connectivity index (χ2v) is 7.95. The molecule has 29 heavy (non-hydrogen) atoms. The van der Waals surface area contributed by atoms with Crippen molar-refractivity contribution in [2.45, 2.75) is 5.41 Å². The smallest absolute Gasteiger partial charge is 0.0786 e. The van der Waals surface area contributed by atoms with Gasteiger partial charge in [-0.3, -0.25) is 4.98 Å². The molecule has 0 amide bonds. The van der Waals surface area contributed by atoms with Gasteiger partial charge >= 0.3 is 0 Å². The Bertz CT molecular complexity index is 1410. The molecule has 5 aromatic rings. The molecule has 0 fully saturated rings. The lowest BCUT2D eigenvalue weighted by molar-refractivity contribution is 0.771. The predicted octanol–water partition coefficient (Wildman–Crippen LogP) is 6.58. The zero-order valence-corrected chi connectivity index (χ0v) is 15.8. The summed E-state index contributed by atoms with van der Waals surface area (Å²) in [6.07, 6.45) is 1.94. The van der Waals surface area contributed by atoms with Crippen LogP contribution in [0.2, 0.25) is 0 Å². The molecule has 0 radical (unpaired) electrons. The predicted molar refractivity (Wildman–Crippen MR) is 118 cm³/mol. The minimum Gasteiger partial charge on any atom is -0.256 e. The van der Waals surface area contributed by atoms with E-state index in [0.29, 0.717) is 0 Å². The third-order valence-corrected chi connectivity index (χ3v) is 6.73. The van der Waals surface area contributed by atoms with E-state index in [-0.39, 0.29) is 5.41 Å². The molecular formula is C28H17N. The summed E-state index contributed by atoms with van der Waals surface area (Å²) in [4.78, 5) is 4.85. The van der Waals surface area contributed by atoms with Crippen molar-refractivity contribution >= 4 is 10.8 Å². The van der Waals surface area contributed by atoms with E-state index in [4.69, 9.17) is 4.98 Å². The van der Waals surface area contributed by atoms with Crippen molar-refractivity contribution in [1.82, 2.24) is 4.98 Å². The molecule has 1 nitrogen and oxygen atoms in total. The maximum atomic E-state index is 4.85. The van der Waals surface area contributed by atoms with E-state index >= 15 is 0 Å². The number of hydrogen-bond donors (Lipinski definition) is 0. The second kappa shape index (κ2) is 5.21. The van der Waals surface area contributed by atoms with Crippen molar-refractivity contribution in [3.8, 4) is 22.4 Å². The molecule has 0 aliphatic heterocycles. The number of hydrogen-bond acceptors (Lipinski definition) is 1. The zero-order valence-electron chi connectivity index (χ0n) is 15.8. The van der Waals surface area contributed by atoms with Crippen LogP contribution >= 0.6 is 0 Å². The molecule has 1 heterocycles. The van der Waals surface area contributed by atoms with Crippen molar-refractivity contribution in [2.75, 3.05) is 0 Å². The first-order valence-electron chi connectivity index (χ1n) is 10.1. The zero-order chi connectivity index (χ0) is 19.0. The van der Waals surface area contributed by atoms with Crippen LogP contribution in [0.3, 0.4) is 0 Å². The van der Waals surface area contributed by atoms with E-state index in [1.165, 1.54) is 49.7 Å². The molecule has 0 unspecified atom stereocenters. The van der Waals surface area contributed by atoms with Gasteiger partial charge in [0.2, 0.25) is 0 Å². The Balaban J connectivity index is 1.80. The van der Waals surface area contributed by atoms with Crippen LogP contribution in [-0.4, -0.2) is 4.98 Å². The molecule has 1 heteroatoms. The summed E-state index contributed by atoms with van der Waals surface area (Å²) < 4.78 is 0. The first kappa shape index (κ1) is 15.2. The molecule has 0 bridgehead atoms.